The maximum Gasteiger partial charge on any atom is 0.116 e. The minimum Gasteiger partial charge on any atom is -0.508 e. The van der Waals surface area contributed by atoms with E-state index in [1.807, 2.05) is 18.4 Å². The second kappa shape index (κ2) is 3.62. The second-order valence-corrected chi connectivity index (χ2v) is 4.57. The van der Waals surface area contributed by atoms with Gasteiger partial charge in [-0.2, -0.15) is 0 Å². The van der Waals surface area contributed by atoms with Gasteiger partial charge in [-0.25, -0.2) is 0 Å². The molecule has 0 aliphatic heterocycles. The van der Waals surface area contributed by atoms with E-state index < -0.39 is 0 Å². The van der Waals surface area contributed by atoms with E-state index in [1.54, 1.807) is 11.8 Å². The molecule has 1 nitrogen and oxygen atoms in total. The lowest BCUT2D eigenvalue weighted by Crippen LogP contribution is -1.87. The zero-order valence-corrected chi connectivity index (χ0v) is 8.60. The van der Waals surface area contributed by atoms with Crippen molar-refractivity contribution in [3.8, 4) is 5.75 Å². The molecule has 1 aromatic carbocycles. The monoisotopic (exact) mass is 194 g/mol. The van der Waals surface area contributed by atoms with Gasteiger partial charge >= 0.3 is 0 Å². The summed E-state index contributed by atoms with van der Waals surface area (Å²) < 4.78 is 0. The van der Waals surface area contributed by atoms with E-state index in [4.69, 9.17) is 0 Å². The van der Waals surface area contributed by atoms with Crippen molar-refractivity contribution in [3.05, 3.63) is 23.8 Å². The number of phenols is 1. The predicted molar refractivity (Wildman–Crippen MR) is 56.3 cm³/mol. The van der Waals surface area contributed by atoms with E-state index in [2.05, 4.69) is 6.07 Å². The van der Waals surface area contributed by atoms with Crippen LogP contribution in [0.3, 0.4) is 0 Å². The van der Waals surface area contributed by atoms with Crippen molar-refractivity contribution >= 4 is 11.8 Å². The van der Waals surface area contributed by atoms with E-state index in [1.165, 1.54) is 18.4 Å². The first-order valence-corrected chi connectivity index (χ1v) is 5.87. The van der Waals surface area contributed by atoms with Crippen molar-refractivity contribution in [3.63, 3.8) is 0 Å². The Labute approximate surface area is 83.2 Å². The Bertz CT molecular complexity index is 305. The summed E-state index contributed by atoms with van der Waals surface area (Å²) in [6, 6.07) is 5.89. The molecule has 13 heavy (non-hydrogen) atoms. The maximum absolute atomic E-state index is 9.44. The Kier molecular flexibility index (Phi) is 2.49. The molecule has 2 rings (SSSR count). The highest BCUT2D eigenvalue weighted by Crippen LogP contribution is 2.34. The Morgan fingerprint density at radius 1 is 1.38 bits per heavy atom. The molecule has 1 N–H and O–H groups in total. The molecule has 0 atom stereocenters. The number of benzene rings is 1. The van der Waals surface area contributed by atoms with Gasteiger partial charge in [-0.1, -0.05) is 0 Å². The molecule has 0 saturated heterocycles. The smallest absolute Gasteiger partial charge is 0.116 e. The van der Waals surface area contributed by atoms with Crippen molar-refractivity contribution < 1.29 is 5.11 Å². The van der Waals surface area contributed by atoms with Crippen LogP contribution >= 0.6 is 11.8 Å². The van der Waals surface area contributed by atoms with E-state index >= 15 is 0 Å². The molecule has 0 aromatic heterocycles. The van der Waals surface area contributed by atoms with E-state index in [-0.39, 0.29) is 0 Å². The lowest BCUT2D eigenvalue weighted by atomic mass is 10.1. The van der Waals surface area contributed by atoms with Gasteiger partial charge in [0, 0.05) is 4.90 Å². The molecule has 0 unspecified atom stereocenters. The molecule has 1 aliphatic rings. The number of thioether (sulfide) groups is 1. The minimum absolute atomic E-state index is 0.405. The molecule has 1 saturated carbocycles. The quantitative estimate of drug-likeness (QED) is 0.746. The van der Waals surface area contributed by atoms with Crippen LogP contribution in [0.2, 0.25) is 0 Å². The summed E-state index contributed by atoms with van der Waals surface area (Å²) in [5, 5.41) is 9.44. The van der Waals surface area contributed by atoms with Crippen molar-refractivity contribution in [1.29, 1.82) is 0 Å². The number of hydrogen-bond donors (Lipinski definition) is 1. The van der Waals surface area contributed by atoms with Gasteiger partial charge < -0.3 is 5.11 Å². The Morgan fingerprint density at radius 2 is 2.15 bits per heavy atom. The Balaban J connectivity index is 2.17. The van der Waals surface area contributed by atoms with Crippen LogP contribution in [0.25, 0.3) is 0 Å². The van der Waals surface area contributed by atoms with Crippen molar-refractivity contribution in [1.82, 2.24) is 0 Å². The van der Waals surface area contributed by atoms with Crippen LogP contribution in [-0.2, 0) is 6.42 Å². The summed E-state index contributed by atoms with van der Waals surface area (Å²) in [6.07, 6.45) is 5.91. The summed E-state index contributed by atoms with van der Waals surface area (Å²) in [7, 11) is 0. The first-order valence-electron chi connectivity index (χ1n) is 4.65. The average Bonchev–Trinajstić information content (AvgIpc) is 2.87. The Morgan fingerprint density at radius 3 is 2.77 bits per heavy atom. The highest BCUT2D eigenvalue weighted by molar-refractivity contribution is 7.98. The Hall–Kier alpha value is -0.630. The number of rotatable bonds is 3. The third-order valence-corrected chi connectivity index (χ3v) is 3.12. The summed E-state index contributed by atoms with van der Waals surface area (Å²) in [5.74, 6) is 1.29. The summed E-state index contributed by atoms with van der Waals surface area (Å²) in [4.78, 5) is 1.16. The topological polar surface area (TPSA) is 20.2 Å². The highest BCUT2D eigenvalue weighted by Gasteiger charge is 2.21. The molecular formula is C11H14OS. The first-order chi connectivity index (χ1) is 6.28. The van der Waals surface area contributed by atoms with E-state index in [0.717, 1.165) is 17.2 Å². The lowest BCUT2D eigenvalue weighted by Gasteiger charge is -2.03. The van der Waals surface area contributed by atoms with Crippen LogP contribution in [0, 0.1) is 5.92 Å². The van der Waals surface area contributed by atoms with Crippen LogP contribution in [0.1, 0.15) is 18.4 Å². The molecule has 1 fully saturated rings. The first kappa shape index (κ1) is 8.95. The fourth-order valence-electron chi connectivity index (χ4n) is 1.53. The summed E-state index contributed by atoms with van der Waals surface area (Å²) >= 11 is 1.68. The fraction of sp³-hybridized carbons (Fsp3) is 0.455. The van der Waals surface area contributed by atoms with Crippen LogP contribution < -0.4 is 0 Å². The zero-order valence-electron chi connectivity index (χ0n) is 7.79. The molecule has 1 aliphatic carbocycles. The molecule has 0 amide bonds. The molecule has 0 spiro atoms. The lowest BCUT2D eigenvalue weighted by molar-refractivity contribution is 0.472. The molecular weight excluding hydrogens is 180 g/mol. The van der Waals surface area contributed by atoms with Crippen LogP contribution in [0.15, 0.2) is 23.1 Å². The van der Waals surface area contributed by atoms with Crippen molar-refractivity contribution in [2.45, 2.75) is 24.2 Å². The molecule has 0 bridgehead atoms. The second-order valence-electron chi connectivity index (χ2n) is 3.69. The number of hydrogen-bond acceptors (Lipinski definition) is 2. The zero-order chi connectivity index (χ0) is 9.26. The maximum atomic E-state index is 9.44. The predicted octanol–water partition coefficient (Wildman–Crippen LogP) is 3.07. The van der Waals surface area contributed by atoms with Gasteiger partial charge in [0.1, 0.15) is 5.75 Å². The minimum atomic E-state index is 0.405. The largest absolute Gasteiger partial charge is 0.508 e. The van der Waals surface area contributed by atoms with Gasteiger partial charge in [-0.15, -0.1) is 11.8 Å². The van der Waals surface area contributed by atoms with Gasteiger partial charge in [-0.05, 0) is 55.2 Å². The molecule has 0 radical (unpaired) electrons. The van der Waals surface area contributed by atoms with E-state index in [9.17, 15) is 5.11 Å². The third kappa shape index (κ3) is 2.41. The van der Waals surface area contributed by atoms with Gasteiger partial charge in [0.15, 0.2) is 0 Å². The summed E-state index contributed by atoms with van der Waals surface area (Å²) in [6.45, 7) is 0. The average molecular weight is 194 g/mol. The van der Waals surface area contributed by atoms with Crippen LogP contribution in [0.5, 0.6) is 5.75 Å². The standard InChI is InChI=1S/C11H14OS/c1-13-11-6-9(4-8-2-3-8)5-10(12)7-11/h5-8,12H,2-4H2,1H3. The van der Waals surface area contributed by atoms with Gasteiger partial charge in [-0.3, -0.25) is 0 Å². The van der Waals surface area contributed by atoms with Crippen molar-refractivity contribution in [2.24, 2.45) is 5.92 Å². The van der Waals surface area contributed by atoms with Crippen LogP contribution in [0.4, 0.5) is 0 Å². The third-order valence-electron chi connectivity index (χ3n) is 2.41. The molecule has 2 heteroatoms. The normalized spacial score (nSPS) is 16.1. The number of aromatic hydroxyl groups is 1. The summed E-state index contributed by atoms with van der Waals surface area (Å²) in [5.41, 5.74) is 1.28. The number of phenolic OH excluding ortho intramolecular Hbond substituents is 1. The molecule has 70 valence electrons. The van der Waals surface area contributed by atoms with Crippen molar-refractivity contribution in [2.75, 3.05) is 6.26 Å². The van der Waals surface area contributed by atoms with Gasteiger partial charge in [0.25, 0.3) is 0 Å². The van der Waals surface area contributed by atoms with E-state index in [0.29, 0.717) is 5.75 Å². The molecule has 0 heterocycles. The van der Waals surface area contributed by atoms with Crippen LogP contribution in [-0.4, -0.2) is 11.4 Å². The van der Waals surface area contributed by atoms with Gasteiger partial charge in [0.05, 0.1) is 0 Å². The van der Waals surface area contributed by atoms with Gasteiger partial charge in [0.2, 0.25) is 0 Å². The molecule has 1 aromatic rings. The fourth-order valence-corrected chi connectivity index (χ4v) is 2.04. The SMILES string of the molecule is CSc1cc(O)cc(CC2CC2)c1. The highest BCUT2D eigenvalue weighted by atomic mass is 32.2.